The lowest BCUT2D eigenvalue weighted by Gasteiger charge is -2.25. The Kier molecular flexibility index (Phi) is 12.2. The normalized spacial score (nSPS) is 12.7. The quantitative estimate of drug-likeness (QED) is 0.160. The van der Waals surface area contributed by atoms with E-state index in [-0.39, 0.29) is 0 Å². The van der Waals surface area contributed by atoms with Crippen LogP contribution < -0.4 is 0 Å². The fourth-order valence-corrected chi connectivity index (χ4v) is 9.16. The van der Waals surface area contributed by atoms with Gasteiger partial charge >= 0.3 is 0 Å². The number of nitrogens with zero attached hydrogens (tertiary/aromatic N) is 4. The lowest BCUT2D eigenvalue weighted by atomic mass is 9.82. The highest BCUT2D eigenvalue weighted by Gasteiger charge is 2.27. The molecule has 1 atom stereocenters. The van der Waals surface area contributed by atoms with Crippen LogP contribution in [0.15, 0.2) is 180 Å². The number of para-hydroxylation sites is 2. The van der Waals surface area contributed by atoms with Crippen LogP contribution in [0.1, 0.15) is 81.3 Å². The standard InChI is InChI=1S/C50H40N4O.C7H8.C2H6/c1-4-31(2)36-17-8-9-18-38(36)37-29-30-40-39-19-10-12-22-43(39)54(47(40)32(37)3)35-27-25-34(26-28-35)49-51-48(33-15-6-5-7-16-33)52-50(53-49)42-21-14-24-45-46(42)41-20-11-13-23-44(41)55-45;1-7-5-3-2-4-6-7;1-2/h5-28,31H,4,29-30H2,1-3H3;2-6H,1H3;1-2H3. The van der Waals surface area contributed by atoms with Crippen molar-refractivity contribution in [3.8, 4) is 39.9 Å². The molecule has 3 heterocycles. The Balaban J connectivity index is 0.000000522. The van der Waals surface area contributed by atoms with Gasteiger partial charge in [-0.05, 0) is 109 Å². The van der Waals surface area contributed by atoms with Crippen molar-refractivity contribution in [3.63, 3.8) is 0 Å². The number of benzene rings is 7. The van der Waals surface area contributed by atoms with E-state index in [1.54, 1.807) is 0 Å². The van der Waals surface area contributed by atoms with Gasteiger partial charge in [-0.2, -0.15) is 0 Å². The molecule has 64 heavy (non-hydrogen) atoms. The third kappa shape index (κ3) is 7.94. The molecule has 0 saturated heterocycles. The number of rotatable bonds is 7. The first-order chi connectivity index (χ1) is 31.5. The molecule has 5 heteroatoms. The fraction of sp³-hybridized carbons (Fsp3) is 0.169. The number of furan rings is 1. The lowest BCUT2D eigenvalue weighted by molar-refractivity contribution is 0.669. The summed E-state index contributed by atoms with van der Waals surface area (Å²) < 4.78 is 8.71. The number of hydrogen-bond donors (Lipinski definition) is 0. The summed E-state index contributed by atoms with van der Waals surface area (Å²) in [5.74, 6) is 2.37. The second kappa shape index (κ2) is 18.5. The topological polar surface area (TPSA) is 56.7 Å². The van der Waals surface area contributed by atoms with E-state index in [0.29, 0.717) is 23.4 Å². The Labute approximate surface area is 376 Å². The van der Waals surface area contributed by atoms with Gasteiger partial charge < -0.3 is 8.98 Å². The number of aromatic nitrogens is 4. The molecule has 0 N–H and O–H groups in total. The summed E-state index contributed by atoms with van der Waals surface area (Å²) in [7, 11) is 0. The van der Waals surface area contributed by atoms with Crippen LogP contribution in [0.2, 0.25) is 0 Å². The first-order valence-corrected chi connectivity index (χ1v) is 22.7. The van der Waals surface area contributed by atoms with Crippen molar-refractivity contribution in [2.24, 2.45) is 0 Å². The smallest absolute Gasteiger partial charge is 0.164 e. The molecule has 0 bridgehead atoms. The van der Waals surface area contributed by atoms with Crippen molar-refractivity contribution >= 4 is 44.0 Å². The third-order valence-corrected chi connectivity index (χ3v) is 12.5. The summed E-state index contributed by atoms with van der Waals surface area (Å²) >= 11 is 0. The average molecular weight is 835 g/mol. The highest BCUT2D eigenvalue weighted by atomic mass is 16.3. The predicted molar refractivity (Wildman–Crippen MR) is 269 cm³/mol. The zero-order chi connectivity index (χ0) is 44.2. The van der Waals surface area contributed by atoms with Gasteiger partial charge in [0.1, 0.15) is 11.2 Å². The van der Waals surface area contributed by atoms with Crippen LogP contribution in [-0.4, -0.2) is 19.5 Å². The Morgan fingerprint density at radius 3 is 1.83 bits per heavy atom. The Bertz CT molecular complexity index is 3250. The maximum Gasteiger partial charge on any atom is 0.164 e. The monoisotopic (exact) mass is 834 g/mol. The van der Waals surface area contributed by atoms with Crippen LogP contribution in [-0.2, 0) is 6.42 Å². The summed E-state index contributed by atoms with van der Waals surface area (Å²) in [6.45, 7) is 13.0. The van der Waals surface area contributed by atoms with Gasteiger partial charge in [-0.1, -0.05) is 167 Å². The molecule has 5 nitrogen and oxygen atoms in total. The molecule has 3 aromatic heterocycles. The minimum atomic E-state index is 0.501. The second-order valence-corrected chi connectivity index (χ2v) is 16.3. The van der Waals surface area contributed by atoms with Crippen LogP contribution in [0.5, 0.6) is 0 Å². The molecule has 0 amide bonds. The van der Waals surface area contributed by atoms with E-state index < -0.39 is 0 Å². The zero-order valence-electron chi connectivity index (χ0n) is 37.6. The molecule has 11 rings (SSSR count). The van der Waals surface area contributed by atoms with E-state index in [0.717, 1.165) is 63.6 Å². The van der Waals surface area contributed by atoms with Crippen LogP contribution in [0, 0.1) is 6.92 Å². The first kappa shape index (κ1) is 42.0. The van der Waals surface area contributed by atoms with Crippen molar-refractivity contribution in [1.29, 1.82) is 0 Å². The second-order valence-electron chi connectivity index (χ2n) is 16.3. The molecule has 0 fully saturated rings. The Morgan fingerprint density at radius 2 is 1.12 bits per heavy atom. The molecule has 1 aliphatic carbocycles. The van der Waals surface area contributed by atoms with Crippen molar-refractivity contribution < 1.29 is 4.42 Å². The van der Waals surface area contributed by atoms with Gasteiger partial charge in [-0.25, -0.2) is 15.0 Å². The summed E-state index contributed by atoms with van der Waals surface area (Å²) in [4.78, 5) is 15.3. The summed E-state index contributed by atoms with van der Waals surface area (Å²) in [5.41, 5.74) is 16.5. The van der Waals surface area contributed by atoms with E-state index in [1.165, 1.54) is 50.0 Å². The first-order valence-electron chi connectivity index (χ1n) is 22.7. The van der Waals surface area contributed by atoms with Gasteiger partial charge in [0.15, 0.2) is 17.5 Å². The molecule has 0 radical (unpaired) electrons. The Hall–Kier alpha value is -7.37. The largest absolute Gasteiger partial charge is 0.456 e. The third-order valence-electron chi connectivity index (χ3n) is 12.5. The summed E-state index contributed by atoms with van der Waals surface area (Å²) in [6, 6.07) is 61.2. The van der Waals surface area contributed by atoms with Crippen LogP contribution in [0.3, 0.4) is 0 Å². The number of aryl methyl sites for hydroxylation is 2. The molecule has 0 aliphatic heterocycles. The molecule has 0 spiro atoms. The highest BCUT2D eigenvalue weighted by molar-refractivity contribution is 6.11. The van der Waals surface area contributed by atoms with Crippen molar-refractivity contribution in [3.05, 3.63) is 204 Å². The van der Waals surface area contributed by atoms with E-state index in [4.69, 9.17) is 19.4 Å². The molecule has 1 unspecified atom stereocenters. The highest BCUT2D eigenvalue weighted by Crippen LogP contribution is 2.45. The van der Waals surface area contributed by atoms with Crippen molar-refractivity contribution in [2.45, 2.75) is 66.7 Å². The van der Waals surface area contributed by atoms with Crippen LogP contribution in [0.4, 0.5) is 0 Å². The van der Waals surface area contributed by atoms with E-state index in [2.05, 4.69) is 129 Å². The Morgan fingerprint density at radius 1 is 0.547 bits per heavy atom. The minimum absolute atomic E-state index is 0.501. The zero-order valence-corrected chi connectivity index (χ0v) is 37.6. The number of fused-ring (bicyclic) bond motifs is 6. The van der Waals surface area contributed by atoms with Gasteiger partial charge in [-0.15, -0.1) is 0 Å². The van der Waals surface area contributed by atoms with Gasteiger partial charge in [-0.3, -0.25) is 0 Å². The van der Waals surface area contributed by atoms with Gasteiger partial charge in [0.25, 0.3) is 0 Å². The van der Waals surface area contributed by atoms with E-state index in [9.17, 15) is 0 Å². The van der Waals surface area contributed by atoms with Crippen LogP contribution in [0.25, 0.3) is 83.8 Å². The van der Waals surface area contributed by atoms with E-state index >= 15 is 0 Å². The summed E-state index contributed by atoms with van der Waals surface area (Å²) in [5, 5.41) is 3.37. The molecule has 10 aromatic rings. The minimum Gasteiger partial charge on any atom is -0.456 e. The van der Waals surface area contributed by atoms with Crippen LogP contribution >= 0.6 is 0 Å². The van der Waals surface area contributed by atoms with Crippen molar-refractivity contribution in [1.82, 2.24) is 19.5 Å². The molecule has 1 aliphatic rings. The van der Waals surface area contributed by atoms with Gasteiger partial charge in [0.05, 0.1) is 11.2 Å². The molecular formula is C59H54N4O. The lowest BCUT2D eigenvalue weighted by Crippen LogP contribution is -2.09. The fourth-order valence-electron chi connectivity index (χ4n) is 9.16. The molecule has 7 aromatic carbocycles. The molecular weight excluding hydrogens is 781 g/mol. The maximum absolute atomic E-state index is 6.25. The summed E-state index contributed by atoms with van der Waals surface area (Å²) in [6.07, 6.45) is 3.16. The predicted octanol–water partition coefficient (Wildman–Crippen LogP) is 16.1. The van der Waals surface area contributed by atoms with Gasteiger partial charge in [0, 0.05) is 38.5 Å². The molecule has 0 saturated carbocycles. The van der Waals surface area contributed by atoms with Crippen molar-refractivity contribution in [2.75, 3.05) is 0 Å². The number of hydrogen-bond acceptors (Lipinski definition) is 4. The average Bonchev–Trinajstić information content (AvgIpc) is 3.92. The molecule has 316 valence electrons. The van der Waals surface area contributed by atoms with Gasteiger partial charge in [0.2, 0.25) is 0 Å². The van der Waals surface area contributed by atoms with E-state index in [1.807, 2.05) is 92.7 Å². The number of allylic oxidation sites excluding steroid dienone is 2. The maximum atomic E-state index is 6.25. The SMILES string of the molecule is CC.CCC(C)c1ccccc1C1=C(C)c2c(c3ccccc3n2-c2ccc(-c3nc(-c4ccccc4)nc(-c4cccc5oc6ccccc6c45)n3)cc2)CC1.Cc1ccccc1.